The van der Waals surface area contributed by atoms with Crippen molar-refractivity contribution in [3.8, 4) is 0 Å². The summed E-state index contributed by atoms with van der Waals surface area (Å²) < 4.78 is 0. The van der Waals surface area contributed by atoms with Gasteiger partial charge in [-0.05, 0) is 32.6 Å². The highest BCUT2D eigenvalue weighted by Gasteiger charge is 2.13. The molecule has 3 atom stereocenters. The molecule has 1 N–H and O–H groups in total. The van der Waals surface area contributed by atoms with Gasteiger partial charge in [-0.2, -0.15) is 0 Å². The molecule has 0 saturated carbocycles. The summed E-state index contributed by atoms with van der Waals surface area (Å²) in [7, 11) is 0. The van der Waals surface area contributed by atoms with Gasteiger partial charge in [-0.3, -0.25) is 0 Å². The molecule has 1 heteroatoms. The fraction of sp³-hybridized carbons (Fsp3) is 0.545. The third-order valence-electron chi connectivity index (χ3n) is 4.04. The molecule has 0 spiro atoms. The zero-order valence-electron chi connectivity index (χ0n) is 15.9. The molecular weight excluding hydrogens is 278 g/mol. The molecule has 0 bridgehead atoms. The second kappa shape index (κ2) is 13.1. The van der Waals surface area contributed by atoms with E-state index in [4.69, 9.17) is 0 Å². The van der Waals surface area contributed by atoms with Gasteiger partial charge < -0.3 is 5.32 Å². The third kappa shape index (κ3) is 10.9. The first-order valence-corrected chi connectivity index (χ1v) is 9.01. The highest BCUT2D eigenvalue weighted by molar-refractivity contribution is 5.21. The van der Waals surface area contributed by atoms with Crippen molar-refractivity contribution in [2.75, 3.05) is 0 Å². The van der Waals surface area contributed by atoms with Crippen LogP contribution in [0.5, 0.6) is 0 Å². The highest BCUT2D eigenvalue weighted by Crippen LogP contribution is 2.17. The van der Waals surface area contributed by atoms with E-state index in [-0.39, 0.29) is 0 Å². The van der Waals surface area contributed by atoms with Crippen LogP contribution < -0.4 is 5.32 Å². The van der Waals surface area contributed by atoms with E-state index >= 15 is 0 Å². The molecule has 0 aliphatic rings. The molecule has 3 unspecified atom stereocenters. The lowest BCUT2D eigenvalue weighted by Gasteiger charge is -2.24. The molecule has 0 heterocycles. The molecule has 0 rings (SSSR count). The van der Waals surface area contributed by atoms with E-state index in [1.807, 2.05) is 12.2 Å². The van der Waals surface area contributed by atoms with Crippen molar-refractivity contribution < 1.29 is 0 Å². The number of nitrogens with one attached hydrogen (secondary N) is 1. The molecule has 0 aliphatic carbocycles. The van der Waals surface area contributed by atoms with Crippen LogP contribution in [0.3, 0.4) is 0 Å². The first-order chi connectivity index (χ1) is 10.9. The molecule has 130 valence electrons. The van der Waals surface area contributed by atoms with E-state index in [0.717, 1.165) is 19.3 Å². The van der Waals surface area contributed by atoms with Crippen molar-refractivity contribution in [2.24, 2.45) is 5.92 Å². The van der Waals surface area contributed by atoms with Gasteiger partial charge in [-0.25, -0.2) is 0 Å². The van der Waals surface area contributed by atoms with Crippen LogP contribution in [0, 0.1) is 5.92 Å². The van der Waals surface area contributed by atoms with E-state index in [9.17, 15) is 0 Å². The van der Waals surface area contributed by atoms with Gasteiger partial charge in [0.15, 0.2) is 0 Å². The van der Waals surface area contributed by atoms with Crippen LogP contribution >= 0.6 is 0 Å². The third-order valence-corrected chi connectivity index (χ3v) is 4.04. The highest BCUT2D eigenvalue weighted by atomic mass is 14.9. The number of rotatable bonds is 12. The van der Waals surface area contributed by atoms with Crippen molar-refractivity contribution in [1.29, 1.82) is 0 Å². The minimum atomic E-state index is 0.377. The largest absolute Gasteiger partial charge is 0.304 e. The predicted octanol–water partition coefficient (Wildman–Crippen LogP) is 6.37. The number of hydrogen-bond acceptors (Lipinski definition) is 1. The zero-order valence-corrected chi connectivity index (χ0v) is 15.9. The summed E-state index contributed by atoms with van der Waals surface area (Å²) in [4.78, 5) is 0. The molecule has 0 amide bonds. The minimum absolute atomic E-state index is 0.377. The van der Waals surface area contributed by atoms with E-state index in [2.05, 4.69) is 71.3 Å². The second-order valence-corrected chi connectivity index (χ2v) is 6.54. The summed E-state index contributed by atoms with van der Waals surface area (Å²) in [5.74, 6) is 0.647. The molecule has 0 aromatic heterocycles. The maximum Gasteiger partial charge on any atom is 0.0285 e. The summed E-state index contributed by atoms with van der Waals surface area (Å²) >= 11 is 0. The van der Waals surface area contributed by atoms with Gasteiger partial charge in [0.05, 0.1) is 0 Å². The molecular formula is C22H37N. The average molecular weight is 316 g/mol. The Kier molecular flexibility index (Phi) is 12.4. The summed E-state index contributed by atoms with van der Waals surface area (Å²) in [6, 6.07) is 0.755. The van der Waals surface area contributed by atoms with Crippen LogP contribution in [0.4, 0.5) is 0 Å². The normalized spacial score (nSPS) is 16.7. The van der Waals surface area contributed by atoms with Crippen LogP contribution in [0.1, 0.15) is 60.3 Å². The first kappa shape index (κ1) is 21.7. The minimum Gasteiger partial charge on any atom is -0.304 e. The molecule has 0 aromatic carbocycles. The van der Waals surface area contributed by atoms with Crippen LogP contribution in [-0.4, -0.2) is 12.1 Å². The Hall–Kier alpha value is -1.34. The smallest absolute Gasteiger partial charge is 0.0285 e. The molecule has 23 heavy (non-hydrogen) atoms. The summed E-state index contributed by atoms with van der Waals surface area (Å²) in [6.07, 6.45) is 17.0. The zero-order chi connectivity index (χ0) is 17.7. The quantitative estimate of drug-likeness (QED) is 0.326. The topological polar surface area (TPSA) is 12.0 Å². The standard InChI is InChI=1S/C22H37N/c1-8-11-12-14-19(5)17-20(6)22(13-9-2)23-21(7)16-15-18(4)10-3/h8,11-12,14-16,18,21-23H,1,6,9-10,13,17H2,2-5,7H3/b12-11-,16-15-,19-14+. The molecule has 0 fully saturated rings. The monoisotopic (exact) mass is 315 g/mol. The lowest BCUT2D eigenvalue weighted by Crippen LogP contribution is -2.36. The van der Waals surface area contributed by atoms with E-state index < -0.39 is 0 Å². The first-order valence-electron chi connectivity index (χ1n) is 9.01. The number of hydrogen-bond donors (Lipinski definition) is 1. The molecule has 0 saturated heterocycles. The lowest BCUT2D eigenvalue weighted by molar-refractivity contribution is 0.493. The summed E-state index contributed by atoms with van der Waals surface area (Å²) in [5, 5.41) is 3.72. The Morgan fingerprint density at radius 3 is 2.39 bits per heavy atom. The Morgan fingerprint density at radius 1 is 1.13 bits per heavy atom. The van der Waals surface area contributed by atoms with Crippen LogP contribution in [0.25, 0.3) is 0 Å². The summed E-state index contributed by atoms with van der Waals surface area (Å²) in [6.45, 7) is 19.1. The summed E-state index contributed by atoms with van der Waals surface area (Å²) in [5.41, 5.74) is 2.61. The van der Waals surface area contributed by atoms with Crippen LogP contribution in [0.2, 0.25) is 0 Å². The van der Waals surface area contributed by atoms with Gasteiger partial charge in [0.25, 0.3) is 0 Å². The van der Waals surface area contributed by atoms with Crippen LogP contribution in [-0.2, 0) is 0 Å². The van der Waals surface area contributed by atoms with Crippen molar-refractivity contribution >= 4 is 0 Å². The van der Waals surface area contributed by atoms with Gasteiger partial charge >= 0.3 is 0 Å². The van der Waals surface area contributed by atoms with Crippen molar-refractivity contribution in [3.05, 3.63) is 60.8 Å². The Morgan fingerprint density at radius 2 is 1.83 bits per heavy atom. The average Bonchev–Trinajstić information content (AvgIpc) is 2.52. The second-order valence-electron chi connectivity index (χ2n) is 6.54. The molecule has 1 nitrogen and oxygen atoms in total. The Balaban J connectivity index is 4.67. The predicted molar refractivity (Wildman–Crippen MR) is 107 cm³/mol. The van der Waals surface area contributed by atoms with Gasteiger partial charge in [-0.1, -0.05) is 94.4 Å². The SMILES string of the molecule is C=C/C=C\C=C(/C)CC(=C)C(CCC)NC(C)/C=C\C(C)CC. The lowest BCUT2D eigenvalue weighted by atomic mass is 9.96. The Labute approximate surface area is 145 Å². The number of allylic oxidation sites excluding steroid dienone is 6. The van der Waals surface area contributed by atoms with Gasteiger partial charge in [0.1, 0.15) is 0 Å². The van der Waals surface area contributed by atoms with Crippen molar-refractivity contribution in [3.63, 3.8) is 0 Å². The van der Waals surface area contributed by atoms with Gasteiger partial charge in [0.2, 0.25) is 0 Å². The van der Waals surface area contributed by atoms with Crippen molar-refractivity contribution in [2.45, 2.75) is 72.4 Å². The van der Waals surface area contributed by atoms with Crippen molar-refractivity contribution in [1.82, 2.24) is 5.32 Å². The van der Waals surface area contributed by atoms with Crippen LogP contribution in [0.15, 0.2) is 60.8 Å². The van der Waals surface area contributed by atoms with E-state index in [0.29, 0.717) is 18.0 Å². The van der Waals surface area contributed by atoms with E-state index in [1.54, 1.807) is 6.08 Å². The fourth-order valence-electron chi connectivity index (χ4n) is 2.40. The molecule has 0 aromatic rings. The maximum atomic E-state index is 4.33. The van der Waals surface area contributed by atoms with E-state index in [1.165, 1.54) is 17.6 Å². The Bertz CT molecular complexity index is 425. The fourth-order valence-corrected chi connectivity index (χ4v) is 2.40. The maximum absolute atomic E-state index is 4.33. The molecule has 0 aliphatic heterocycles. The molecule has 0 radical (unpaired) electrons. The van der Waals surface area contributed by atoms with Gasteiger partial charge in [-0.15, -0.1) is 0 Å². The van der Waals surface area contributed by atoms with Gasteiger partial charge in [0, 0.05) is 12.1 Å².